The molecule has 0 fully saturated rings. The van der Waals surface area contributed by atoms with Crippen LogP contribution in [0.3, 0.4) is 0 Å². The van der Waals surface area contributed by atoms with E-state index in [1.807, 2.05) is 16.8 Å². The summed E-state index contributed by atoms with van der Waals surface area (Å²) in [6.45, 7) is 5.28. The summed E-state index contributed by atoms with van der Waals surface area (Å²) < 4.78 is 7.34. The number of methoxy groups -OCH3 is 1. The lowest BCUT2D eigenvalue weighted by Crippen LogP contribution is -2.07. The third kappa shape index (κ3) is 3.07. The van der Waals surface area contributed by atoms with Crippen molar-refractivity contribution in [3.8, 4) is 22.7 Å². The van der Waals surface area contributed by atoms with Gasteiger partial charge in [-0.2, -0.15) is 5.10 Å². The summed E-state index contributed by atoms with van der Waals surface area (Å²) in [4.78, 5) is 0. The number of hydrogen-bond acceptors (Lipinski definition) is 3. The van der Waals surface area contributed by atoms with Gasteiger partial charge in [-0.1, -0.05) is 17.2 Å². The molecule has 4 rings (SSSR count). The first kappa shape index (κ1) is 16.7. The summed E-state index contributed by atoms with van der Waals surface area (Å²) >= 11 is 0. The molecule has 1 aliphatic rings. The van der Waals surface area contributed by atoms with Crippen molar-refractivity contribution < 1.29 is 4.74 Å². The van der Waals surface area contributed by atoms with Crippen molar-refractivity contribution in [2.75, 3.05) is 19.0 Å². The molecule has 0 radical (unpaired) electrons. The molecule has 0 amide bonds. The number of nitrogens with zero attached hydrogens (tertiary/aromatic N) is 2. The van der Waals surface area contributed by atoms with E-state index in [-0.39, 0.29) is 0 Å². The number of anilines is 1. The molecule has 0 spiro atoms. The standard InChI is InChI=1S/C22H25N3O/c1-15-12-16(2)14-17(13-15)21-20-6-4-5-11-23-22(20)25(24-21)18-7-9-19(26-3)10-8-18/h7-10,12-14,23H,4-6,11H2,1-3H3. The van der Waals surface area contributed by atoms with E-state index in [0.29, 0.717) is 0 Å². The zero-order chi connectivity index (χ0) is 18.1. The lowest BCUT2D eigenvalue weighted by atomic mass is 10.00. The molecule has 1 aromatic heterocycles. The van der Waals surface area contributed by atoms with Crippen molar-refractivity contribution in [3.63, 3.8) is 0 Å². The largest absolute Gasteiger partial charge is 0.497 e. The van der Waals surface area contributed by atoms with Crippen molar-refractivity contribution in [1.82, 2.24) is 9.78 Å². The number of aromatic nitrogens is 2. The summed E-state index contributed by atoms with van der Waals surface area (Å²) in [5.74, 6) is 1.98. The monoisotopic (exact) mass is 347 g/mol. The first-order chi connectivity index (χ1) is 12.7. The summed E-state index contributed by atoms with van der Waals surface area (Å²) in [5.41, 5.74) is 7.21. The highest BCUT2D eigenvalue weighted by molar-refractivity contribution is 5.72. The number of nitrogens with one attached hydrogen (secondary N) is 1. The molecule has 0 atom stereocenters. The van der Waals surface area contributed by atoms with Gasteiger partial charge in [0.1, 0.15) is 11.6 Å². The molecule has 4 heteroatoms. The lowest BCUT2D eigenvalue weighted by molar-refractivity contribution is 0.414. The molecule has 134 valence electrons. The van der Waals surface area contributed by atoms with E-state index in [1.54, 1.807) is 7.11 Å². The minimum absolute atomic E-state index is 0.856. The summed E-state index contributed by atoms with van der Waals surface area (Å²) in [6.07, 6.45) is 3.43. The van der Waals surface area contributed by atoms with Gasteiger partial charge < -0.3 is 10.1 Å². The zero-order valence-corrected chi connectivity index (χ0v) is 15.7. The highest BCUT2D eigenvalue weighted by Gasteiger charge is 2.22. The molecule has 0 unspecified atom stereocenters. The quantitative estimate of drug-likeness (QED) is 0.731. The molecular formula is C22H25N3O. The Kier molecular flexibility index (Phi) is 4.41. The van der Waals surface area contributed by atoms with Gasteiger partial charge >= 0.3 is 0 Å². The van der Waals surface area contributed by atoms with E-state index in [0.717, 1.165) is 35.9 Å². The Morgan fingerprint density at radius 2 is 1.73 bits per heavy atom. The van der Waals surface area contributed by atoms with E-state index in [1.165, 1.54) is 35.1 Å². The fourth-order valence-electron chi connectivity index (χ4n) is 3.76. The molecule has 26 heavy (non-hydrogen) atoms. The van der Waals surface area contributed by atoms with Crippen molar-refractivity contribution in [2.24, 2.45) is 0 Å². The van der Waals surface area contributed by atoms with Gasteiger partial charge in [0.05, 0.1) is 18.5 Å². The van der Waals surface area contributed by atoms with Crippen molar-refractivity contribution in [1.29, 1.82) is 0 Å². The number of aryl methyl sites for hydroxylation is 2. The third-order valence-corrected chi connectivity index (χ3v) is 4.94. The van der Waals surface area contributed by atoms with E-state index < -0.39 is 0 Å². The van der Waals surface area contributed by atoms with Gasteiger partial charge in [-0.25, -0.2) is 4.68 Å². The van der Waals surface area contributed by atoms with Crippen LogP contribution in [-0.2, 0) is 6.42 Å². The van der Waals surface area contributed by atoms with Gasteiger partial charge in [0.2, 0.25) is 0 Å². The summed E-state index contributed by atoms with van der Waals surface area (Å²) in [7, 11) is 1.69. The van der Waals surface area contributed by atoms with Crippen LogP contribution in [0, 0.1) is 13.8 Å². The second-order valence-corrected chi connectivity index (χ2v) is 7.05. The van der Waals surface area contributed by atoms with E-state index in [2.05, 4.69) is 49.5 Å². The number of hydrogen-bond donors (Lipinski definition) is 1. The number of benzene rings is 2. The fraction of sp³-hybridized carbons (Fsp3) is 0.318. The molecule has 0 saturated heterocycles. The lowest BCUT2D eigenvalue weighted by Gasteiger charge is -2.09. The second kappa shape index (κ2) is 6.87. The minimum Gasteiger partial charge on any atom is -0.497 e. The molecule has 0 aliphatic carbocycles. The molecule has 1 aliphatic heterocycles. The van der Waals surface area contributed by atoms with Crippen LogP contribution in [0.15, 0.2) is 42.5 Å². The van der Waals surface area contributed by atoms with Gasteiger partial charge in [0.15, 0.2) is 0 Å². The Bertz CT molecular complexity index is 905. The highest BCUT2D eigenvalue weighted by Crippen LogP contribution is 2.35. The Morgan fingerprint density at radius 3 is 2.42 bits per heavy atom. The maximum atomic E-state index is 5.29. The molecular weight excluding hydrogens is 322 g/mol. The van der Waals surface area contributed by atoms with Crippen LogP contribution in [0.1, 0.15) is 29.5 Å². The van der Waals surface area contributed by atoms with Gasteiger partial charge in [-0.05, 0) is 69.5 Å². The highest BCUT2D eigenvalue weighted by atomic mass is 16.5. The maximum Gasteiger partial charge on any atom is 0.133 e. The van der Waals surface area contributed by atoms with Crippen LogP contribution in [0.4, 0.5) is 5.82 Å². The number of fused-ring (bicyclic) bond motifs is 1. The smallest absolute Gasteiger partial charge is 0.133 e. The SMILES string of the molecule is COc1ccc(-n2nc(-c3cc(C)cc(C)c3)c3c2NCCCC3)cc1. The van der Waals surface area contributed by atoms with Crippen LogP contribution in [-0.4, -0.2) is 23.4 Å². The van der Waals surface area contributed by atoms with Crippen molar-refractivity contribution in [3.05, 3.63) is 59.2 Å². The van der Waals surface area contributed by atoms with Crippen LogP contribution in [0.5, 0.6) is 5.75 Å². The minimum atomic E-state index is 0.856. The molecule has 1 N–H and O–H groups in total. The Balaban J connectivity index is 1.88. The van der Waals surface area contributed by atoms with Crippen LogP contribution in [0.2, 0.25) is 0 Å². The Hall–Kier alpha value is -2.75. The van der Waals surface area contributed by atoms with E-state index in [4.69, 9.17) is 9.84 Å². The van der Waals surface area contributed by atoms with Crippen molar-refractivity contribution >= 4 is 5.82 Å². The van der Waals surface area contributed by atoms with Crippen molar-refractivity contribution in [2.45, 2.75) is 33.1 Å². The van der Waals surface area contributed by atoms with Gasteiger partial charge in [-0.15, -0.1) is 0 Å². The van der Waals surface area contributed by atoms with Gasteiger partial charge in [0, 0.05) is 17.7 Å². The molecule has 4 nitrogen and oxygen atoms in total. The van der Waals surface area contributed by atoms with E-state index in [9.17, 15) is 0 Å². The maximum absolute atomic E-state index is 5.29. The number of rotatable bonds is 3. The predicted molar refractivity (Wildman–Crippen MR) is 106 cm³/mol. The van der Waals surface area contributed by atoms with Crippen LogP contribution >= 0.6 is 0 Å². The molecule has 0 saturated carbocycles. The first-order valence-corrected chi connectivity index (χ1v) is 9.24. The summed E-state index contributed by atoms with van der Waals surface area (Å²) in [5, 5.41) is 8.63. The third-order valence-electron chi connectivity index (χ3n) is 4.94. The van der Waals surface area contributed by atoms with E-state index >= 15 is 0 Å². The molecule has 2 heterocycles. The Morgan fingerprint density at radius 1 is 1.00 bits per heavy atom. The Labute approximate surface area is 154 Å². The predicted octanol–water partition coefficient (Wildman–Crippen LogP) is 4.91. The van der Waals surface area contributed by atoms with Gasteiger partial charge in [-0.3, -0.25) is 0 Å². The molecule has 0 bridgehead atoms. The average molecular weight is 347 g/mol. The molecule has 2 aromatic carbocycles. The summed E-state index contributed by atoms with van der Waals surface area (Å²) in [6, 6.07) is 14.8. The van der Waals surface area contributed by atoms with Crippen LogP contribution < -0.4 is 10.1 Å². The average Bonchev–Trinajstić information content (AvgIpc) is 2.82. The fourth-order valence-corrected chi connectivity index (χ4v) is 3.76. The topological polar surface area (TPSA) is 39.1 Å². The second-order valence-electron chi connectivity index (χ2n) is 7.05. The number of ether oxygens (including phenoxy) is 1. The van der Waals surface area contributed by atoms with Gasteiger partial charge in [0.25, 0.3) is 0 Å². The van der Waals surface area contributed by atoms with Crippen LogP contribution in [0.25, 0.3) is 16.9 Å². The first-order valence-electron chi connectivity index (χ1n) is 9.24. The zero-order valence-electron chi connectivity index (χ0n) is 15.7. The normalized spacial score (nSPS) is 13.7. The molecule has 3 aromatic rings.